The molecule has 0 aliphatic carbocycles. The summed E-state index contributed by atoms with van der Waals surface area (Å²) < 4.78 is 42.4. The summed E-state index contributed by atoms with van der Waals surface area (Å²) in [5, 5.41) is 0.832. The number of anilines is 2. The molecule has 0 spiro atoms. The summed E-state index contributed by atoms with van der Waals surface area (Å²) in [5.74, 6) is -0.304. The lowest BCUT2D eigenvalue weighted by atomic mass is 9.94. The molecule has 1 N–H and O–H groups in total. The molecule has 0 fully saturated rings. The number of benzene rings is 2. The number of rotatable bonds is 7. The lowest BCUT2D eigenvalue weighted by molar-refractivity contribution is 0.609. The van der Waals surface area contributed by atoms with Gasteiger partial charge in [-0.1, -0.05) is 24.8 Å². The maximum atomic E-state index is 14.5. The molecule has 0 bridgehead atoms. The second-order valence-corrected chi connectivity index (χ2v) is 9.51. The first-order chi connectivity index (χ1) is 15.0. The molecule has 1 heterocycles. The number of hydrogen-bond donors (Lipinski definition) is 1. The fourth-order valence-electron chi connectivity index (χ4n) is 3.43. The van der Waals surface area contributed by atoms with Crippen LogP contribution in [0.25, 0.3) is 11.1 Å². The largest absolute Gasteiger partial charge is 0.373 e. The number of hydrogen-bond acceptors (Lipinski definition) is 4. The predicted molar refractivity (Wildman–Crippen MR) is 128 cm³/mol. The van der Waals surface area contributed by atoms with Crippen LogP contribution in [0.3, 0.4) is 0 Å². The van der Waals surface area contributed by atoms with Gasteiger partial charge >= 0.3 is 0 Å². The normalized spacial score (nSPS) is 11.3. The Kier molecular flexibility index (Phi) is 6.55. The van der Waals surface area contributed by atoms with Gasteiger partial charge in [0.25, 0.3) is 15.6 Å². The van der Waals surface area contributed by atoms with Crippen LogP contribution in [-0.2, 0) is 23.5 Å². The van der Waals surface area contributed by atoms with E-state index in [0.29, 0.717) is 34.5 Å². The Balaban J connectivity index is 2.20. The van der Waals surface area contributed by atoms with Gasteiger partial charge in [0.05, 0.1) is 0 Å². The maximum absolute atomic E-state index is 14.5. The maximum Gasteiger partial charge on any atom is 0.273 e. The van der Waals surface area contributed by atoms with Crippen LogP contribution in [0, 0.1) is 12.7 Å². The summed E-state index contributed by atoms with van der Waals surface area (Å²) in [4.78, 5) is 14.2. The Bertz CT molecular complexity index is 1350. The fraction of sp³-hybridized carbons (Fsp3) is 0.208. The molecule has 0 unspecified atom stereocenters. The van der Waals surface area contributed by atoms with E-state index in [1.54, 1.807) is 62.6 Å². The quantitative estimate of drug-likeness (QED) is 0.584. The predicted octanol–water partition coefficient (Wildman–Crippen LogP) is 4.04. The van der Waals surface area contributed by atoms with Crippen molar-refractivity contribution in [3.8, 4) is 11.1 Å². The highest BCUT2D eigenvalue weighted by Crippen LogP contribution is 2.31. The van der Waals surface area contributed by atoms with Crippen molar-refractivity contribution < 1.29 is 12.8 Å². The highest BCUT2D eigenvalue weighted by molar-refractivity contribution is 7.95. The van der Waals surface area contributed by atoms with E-state index in [2.05, 4.69) is 11.3 Å². The Labute approximate surface area is 187 Å². The zero-order valence-corrected chi connectivity index (χ0v) is 19.3. The fourth-order valence-corrected chi connectivity index (χ4v) is 3.97. The Morgan fingerprint density at radius 2 is 1.81 bits per heavy atom. The van der Waals surface area contributed by atoms with Crippen molar-refractivity contribution in [1.29, 1.82) is 0 Å². The molecule has 168 valence electrons. The lowest BCUT2D eigenvalue weighted by Gasteiger charge is -2.18. The van der Waals surface area contributed by atoms with Crippen LogP contribution >= 0.6 is 0 Å². The summed E-state index contributed by atoms with van der Waals surface area (Å²) in [6.45, 7) is 5.14. The second-order valence-electron chi connectivity index (χ2n) is 7.88. The molecule has 2 aromatic carbocycles. The molecule has 0 radical (unpaired) electrons. The van der Waals surface area contributed by atoms with Crippen LogP contribution in [0.4, 0.5) is 15.8 Å². The number of nitrogens with one attached hydrogen (secondary N) is 1. The van der Waals surface area contributed by atoms with Crippen molar-refractivity contribution in [3.05, 3.63) is 93.5 Å². The number of sulfonamides is 1. The summed E-state index contributed by atoms with van der Waals surface area (Å²) in [7, 11) is 1.51. The molecule has 0 aliphatic rings. The molecule has 0 aliphatic heterocycles. The third kappa shape index (κ3) is 5.08. The second kappa shape index (κ2) is 9.00. The van der Waals surface area contributed by atoms with Gasteiger partial charge in [-0.05, 0) is 53.4 Å². The monoisotopic (exact) mass is 455 g/mol. The Hall–Kier alpha value is -3.39. The van der Waals surface area contributed by atoms with Crippen LogP contribution in [0.5, 0.6) is 0 Å². The van der Waals surface area contributed by atoms with E-state index in [-0.39, 0.29) is 11.4 Å². The highest BCUT2D eigenvalue weighted by atomic mass is 32.2. The van der Waals surface area contributed by atoms with Gasteiger partial charge in [0.2, 0.25) is 0 Å². The lowest BCUT2D eigenvalue weighted by Crippen LogP contribution is -2.25. The van der Waals surface area contributed by atoms with Crippen LogP contribution < -0.4 is 15.2 Å². The number of aromatic nitrogens is 1. The Morgan fingerprint density at radius 3 is 2.44 bits per heavy atom. The number of aryl methyl sites for hydroxylation is 2. The average molecular weight is 456 g/mol. The van der Waals surface area contributed by atoms with E-state index in [0.717, 1.165) is 16.5 Å². The minimum absolute atomic E-state index is 0.159. The number of halogens is 1. The first-order valence-corrected chi connectivity index (χ1v) is 11.5. The number of nitrogens with zero attached hydrogens (tertiary/aromatic N) is 2. The molecule has 3 rings (SSSR count). The van der Waals surface area contributed by atoms with Gasteiger partial charge in [-0.15, -0.1) is 0 Å². The summed E-state index contributed by atoms with van der Waals surface area (Å²) >= 11 is 0. The van der Waals surface area contributed by atoms with Crippen molar-refractivity contribution in [2.24, 2.45) is 7.05 Å². The van der Waals surface area contributed by atoms with Crippen molar-refractivity contribution in [3.63, 3.8) is 0 Å². The molecule has 0 saturated heterocycles. The van der Waals surface area contributed by atoms with Crippen LogP contribution in [0.2, 0.25) is 0 Å². The number of pyridine rings is 1. The first-order valence-electron chi connectivity index (χ1n) is 9.92. The molecule has 32 heavy (non-hydrogen) atoms. The van der Waals surface area contributed by atoms with Crippen LogP contribution in [-0.4, -0.2) is 27.1 Å². The van der Waals surface area contributed by atoms with E-state index in [1.165, 1.54) is 10.6 Å². The van der Waals surface area contributed by atoms with Gasteiger partial charge in [-0.25, -0.2) is 12.8 Å². The molecular formula is C24H26FN3O3S. The molecule has 1 aromatic heterocycles. The van der Waals surface area contributed by atoms with Gasteiger partial charge in [0.15, 0.2) is 0 Å². The standard InChI is InChI=1S/C24H26FN3O3S/c1-6-32(30,31)26-20-10-9-17(12-18-8-7-16(2)11-22(18)25)21(14-20)19-13-23(27(3)4)24(29)28(5)15-19/h6-11,13-15,26H,1,12H2,2-5H3. The van der Waals surface area contributed by atoms with Gasteiger partial charge in [-0.2, -0.15) is 0 Å². The van der Waals surface area contributed by atoms with E-state index in [1.807, 2.05) is 13.0 Å². The van der Waals surface area contributed by atoms with Crippen molar-refractivity contribution >= 4 is 21.4 Å². The summed E-state index contributed by atoms with van der Waals surface area (Å²) in [5.41, 5.74) is 4.20. The topological polar surface area (TPSA) is 71.4 Å². The average Bonchev–Trinajstić information content (AvgIpc) is 2.72. The van der Waals surface area contributed by atoms with Gasteiger partial charge in [0, 0.05) is 50.4 Å². The molecule has 6 nitrogen and oxygen atoms in total. The molecule has 3 aromatic rings. The minimum atomic E-state index is -3.70. The van der Waals surface area contributed by atoms with Gasteiger partial charge in [-0.3, -0.25) is 9.52 Å². The third-order valence-electron chi connectivity index (χ3n) is 5.14. The molecule has 0 amide bonds. The van der Waals surface area contributed by atoms with Crippen LogP contribution in [0.15, 0.2) is 65.4 Å². The zero-order valence-electron chi connectivity index (χ0n) is 18.5. The van der Waals surface area contributed by atoms with Gasteiger partial charge in [0.1, 0.15) is 11.5 Å². The van der Waals surface area contributed by atoms with E-state index in [9.17, 15) is 17.6 Å². The van der Waals surface area contributed by atoms with Crippen molar-refractivity contribution in [2.75, 3.05) is 23.7 Å². The molecule has 8 heteroatoms. The zero-order chi connectivity index (χ0) is 23.6. The highest BCUT2D eigenvalue weighted by Gasteiger charge is 2.15. The SMILES string of the molecule is C=CS(=O)(=O)Nc1ccc(Cc2ccc(C)cc2F)c(-c2cc(N(C)C)c(=O)n(C)c2)c1. The summed E-state index contributed by atoms with van der Waals surface area (Å²) in [6, 6.07) is 11.9. The molecule has 0 saturated carbocycles. The molecular weight excluding hydrogens is 429 g/mol. The van der Waals surface area contributed by atoms with E-state index < -0.39 is 10.0 Å². The minimum Gasteiger partial charge on any atom is -0.373 e. The third-order valence-corrected chi connectivity index (χ3v) is 6.10. The van der Waals surface area contributed by atoms with E-state index >= 15 is 0 Å². The first kappa shape index (κ1) is 23.3. The van der Waals surface area contributed by atoms with Gasteiger partial charge < -0.3 is 9.47 Å². The van der Waals surface area contributed by atoms with Crippen LogP contribution in [0.1, 0.15) is 16.7 Å². The van der Waals surface area contributed by atoms with Crippen molar-refractivity contribution in [1.82, 2.24) is 4.57 Å². The van der Waals surface area contributed by atoms with Crippen molar-refractivity contribution in [2.45, 2.75) is 13.3 Å². The smallest absolute Gasteiger partial charge is 0.273 e. The molecule has 0 atom stereocenters. The van der Waals surface area contributed by atoms with E-state index in [4.69, 9.17) is 0 Å². The Morgan fingerprint density at radius 1 is 1.12 bits per heavy atom. The summed E-state index contributed by atoms with van der Waals surface area (Å²) in [6.07, 6.45) is 1.99.